The van der Waals surface area contributed by atoms with Crippen molar-refractivity contribution in [3.05, 3.63) is 35.4 Å². The lowest BCUT2D eigenvalue weighted by Gasteiger charge is -2.43. The molecule has 0 saturated carbocycles. The molecule has 1 amide bonds. The van der Waals surface area contributed by atoms with E-state index in [2.05, 4.69) is 43.0 Å². The van der Waals surface area contributed by atoms with Crippen LogP contribution in [0, 0.1) is 12.8 Å². The molecule has 0 spiro atoms. The minimum atomic E-state index is -0.410. The molecular weight excluding hydrogens is 300 g/mol. The van der Waals surface area contributed by atoms with Crippen LogP contribution in [0.4, 0.5) is 0 Å². The number of amides is 1. The highest BCUT2D eigenvalue weighted by atomic mass is 16.5. The van der Waals surface area contributed by atoms with Crippen LogP contribution in [-0.2, 0) is 14.9 Å². The number of nitrogens with two attached hydrogens (primary N) is 1. The number of rotatable bonds is 3. The highest BCUT2D eigenvalue weighted by molar-refractivity contribution is 5.88. The maximum Gasteiger partial charge on any atom is 0.233 e. The van der Waals surface area contributed by atoms with Crippen LogP contribution >= 0.6 is 0 Å². The van der Waals surface area contributed by atoms with Gasteiger partial charge in [-0.3, -0.25) is 4.79 Å². The van der Waals surface area contributed by atoms with Crippen LogP contribution in [0.25, 0.3) is 0 Å². The Kier molecular flexibility index (Phi) is 5.26. The molecule has 0 aliphatic carbocycles. The summed E-state index contributed by atoms with van der Waals surface area (Å²) in [6.07, 6.45) is 3.60. The van der Waals surface area contributed by atoms with Crippen LogP contribution in [0.15, 0.2) is 24.3 Å². The van der Waals surface area contributed by atoms with Crippen molar-refractivity contribution in [3.63, 3.8) is 0 Å². The van der Waals surface area contributed by atoms with Crippen LogP contribution < -0.4 is 5.73 Å². The first-order chi connectivity index (χ1) is 11.5. The Morgan fingerprint density at radius 3 is 2.33 bits per heavy atom. The number of hydrogen-bond acceptors (Lipinski definition) is 3. The number of piperidine rings is 1. The van der Waals surface area contributed by atoms with Crippen LogP contribution in [0.2, 0.25) is 0 Å². The number of hydrogen-bond donors (Lipinski definition) is 1. The van der Waals surface area contributed by atoms with Gasteiger partial charge in [0, 0.05) is 32.3 Å². The minimum Gasteiger partial charge on any atom is -0.381 e. The molecule has 24 heavy (non-hydrogen) atoms. The van der Waals surface area contributed by atoms with Crippen molar-refractivity contribution < 1.29 is 9.53 Å². The third-order valence-corrected chi connectivity index (χ3v) is 5.93. The average Bonchev–Trinajstić information content (AvgIpc) is 2.62. The van der Waals surface area contributed by atoms with Crippen LogP contribution in [0.1, 0.15) is 43.7 Å². The normalized spacial score (nSPS) is 23.0. The summed E-state index contributed by atoms with van der Waals surface area (Å²) in [5, 5.41) is 0. The predicted octanol–water partition coefficient (Wildman–Crippen LogP) is 2.63. The monoisotopic (exact) mass is 330 g/mol. The molecule has 1 aromatic carbocycles. The second-order valence-corrected chi connectivity index (χ2v) is 7.55. The Morgan fingerprint density at radius 1 is 1.21 bits per heavy atom. The molecular formula is C20H30N2O2. The van der Waals surface area contributed by atoms with Crippen molar-refractivity contribution >= 4 is 5.91 Å². The van der Waals surface area contributed by atoms with E-state index >= 15 is 0 Å². The molecule has 1 atom stereocenters. The van der Waals surface area contributed by atoms with Gasteiger partial charge in [0.25, 0.3) is 0 Å². The van der Waals surface area contributed by atoms with E-state index in [-0.39, 0.29) is 11.9 Å². The third kappa shape index (κ3) is 3.35. The number of benzene rings is 1. The first-order valence-corrected chi connectivity index (χ1v) is 9.23. The van der Waals surface area contributed by atoms with Gasteiger partial charge in [-0.2, -0.15) is 0 Å². The van der Waals surface area contributed by atoms with Gasteiger partial charge in [-0.1, -0.05) is 29.8 Å². The van der Waals surface area contributed by atoms with Gasteiger partial charge in [-0.25, -0.2) is 0 Å². The molecule has 0 aromatic heterocycles. The molecule has 0 bridgehead atoms. The summed E-state index contributed by atoms with van der Waals surface area (Å²) in [4.78, 5) is 15.5. The Morgan fingerprint density at radius 2 is 1.79 bits per heavy atom. The molecule has 2 aliphatic rings. The lowest BCUT2D eigenvalue weighted by atomic mass is 9.72. The molecule has 2 saturated heterocycles. The zero-order chi connectivity index (χ0) is 17.2. The molecule has 3 rings (SSSR count). The number of carbonyl (C=O) groups excluding carboxylic acids is 1. The molecule has 2 N–H and O–H groups in total. The number of carbonyl (C=O) groups is 1. The van der Waals surface area contributed by atoms with Gasteiger partial charge in [0.2, 0.25) is 5.91 Å². The molecule has 4 heteroatoms. The lowest BCUT2D eigenvalue weighted by Crippen LogP contribution is -2.52. The Labute approximate surface area is 145 Å². The number of ether oxygens (including phenoxy) is 1. The summed E-state index contributed by atoms with van der Waals surface area (Å²) in [5.41, 5.74) is 8.01. The van der Waals surface area contributed by atoms with E-state index in [4.69, 9.17) is 10.5 Å². The summed E-state index contributed by atoms with van der Waals surface area (Å²) < 4.78 is 5.57. The van der Waals surface area contributed by atoms with Gasteiger partial charge >= 0.3 is 0 Å². The Hall–Kier alpha value is -1.39. The molecule has 132 valence electrons. The van der Waals surface area contributed by atoms with Crippen molar-refractivity contribution in [2.45, 2.75) is 51.0 Å². The van der Waals surface area contributed by atoms with E-state index in [0.717, 1.165) is 44.3 Å². The highest BCUT2D eigenvalue weighted by Gasteiger charge is 2.44. The third-order valence-electron chi connectivity index (χ3n) is 5.93. The second-order valence-electron chi connectivity index (χ2n) is 7.55. The highest BCUT2D eigenvalue weighted by Crippen LogP contribution is 2.38. The van der Waals surface area contributed by atoms with Gasteiger partial charge in [0.1, 0.15) is 0 Å². The topological polar surface area (TPSA) is 55.6 Å². The summed E-state index contributed by atoms with van der Waals surface area (Å²) in [7, 11) is 0. The summed E-state index contributed by atoms with van der Waals surface area (Å²) in [6, 6.07) is 8.71. The van der Waals surface area contributed by atoms with Crippen molar-refractivity contribution in [1.82, 2.24) is 4.90 Å². The van der Waals surface area contributed by atoms with E-state index in [9.17, 15) is 4.79 Å². The molecule has 0 radical (unpaired) electrons. The van der Waals surface area contributed by atoms with Gasteiger partial charge in [0.15, 0.2) is 0 Å². The standard InChI is InChI=1S/C20H30N2O2/c1-15-3-5-18(6-4-15)20(9-13-24-14-10-20)19(23)22-11-7-17(8-12-22)16(2)21/h3-6,16-17H,7-14,21H2,1-2H3. The number of aryl methyl sites for hydroxylation is 1. The second kappa shape index (κ2) is 7.24. The van der Waals surface area contributed by atoms with E-state index in [1.165, 1.54) is 5.56 Å². The zero-order valence-electron chi connectivity index (χ0n) is 15.0. The van der Waals surface area contributed by atoms with Crippen molar-refractivity contribution in [2.24, 2.45) is 11.7 Å². The molecule has 1 unspecified atom stereocenters. The Bertz CT molecular complexity index is 554. The quantitative estimate of drug-likeness (QED) is 0.927. The molecule has 2 aliphatic heterocycles. The Balaban J connectivity index is 1.81. The van der Waals surface area contributed by atoms with E-state index in [1.54, 1.807) is 0 Å². The van der Waals surface area contributed by atoms with E-state index in [1.807, 2.05) is 0 Å². The summed E-state index contributed by atoms with van der Waals surface area (Å²) >= 11 is 0. The zero-order valence-corrected chi connectivity index (χ0v) is 15.0. The minimum absolute atomic E-state index is 0.219. The fraction of sp³-hybridized carbons (Fsp3) is 0.650. The fourth-order valence-electron chi connectivity index (χ4n) is 4.15. The molecule has 2 heterocycles. The first-order valence-electron chi connectivity index (χ1n) is 9.23. The van der Waals surface area contributed by atoms with Crippen molar-refractivity contribution in [2.75, 3.05) is 26.3 Å². The van der Waals surface area contributed by atoms with E-state index < -0.39 is 5.41 Å². The van der Waals surface area contributed by atoms with Gasteiger partial charge in [0.05, 0.1) is 5.41 Å². The van der Waals surface area contributed by atoms with Crippen LogP contribution in [0.3, 0.4) is 0 Å². The predicted molar refractivity (Wildman–Crippen MR) is 95.9 cm³/mol. The largest absolute Gasteiger partial charge is 0.381 e. The van der Waals surface area contributed by atoms with Crippen molar-refractivity contribution in [3.8, 4) is 0 Å². The van der Waals surface area contributed by atoms with Gasteiger partial charge < -0.3 is 15.4 Å². The smallest absolute Gasteiger partial charge is 0.233 e. The fourth-order valence-corrected chi connectivity index (χ4v) is 4.15. The summed E-state index contributed by atoms with van der Waals surface area (Å²) in [6.45, 7) is 7.15. The number of nitrogens with zero attached hydrogens (tertiary/aromatic N) is 1. The van der Waals surface area contributed by atoms with Crippen LogP contribution in [0.5, 0.6) is 0 Å². The van der Waals surface area contributed by atoms with Crippen molar-refractivity contribution in [1.29, 1.82) is 0 Å². The maximum atomic E-state index is 13.5. The van der Waals surface area contributed by atoms with E-state index in [0.29, 0.717) is 19.1 Å². The SMILES string of the molecule is Cc1ccc(C2(C(=O)N3CCC(C(C)N)CC3)CCOCC2)cc1. The number of likely N-dealkylation sites (tertiary alicyclic amines) is 1. The first kappa shape index (κ1) is 17.4. The van der Waals surface area contributed by atoms with Gasteiger partial charge in [-0.15, -0.1) is 0 Å². The van der Waals surface area contributed by atoms with Crippen LogP contribution in [-0.4, -0.2) is 43.2 Å². The van der Waals surface area contributed by atoms with Gasteiger partial charge in [-0.05, 0) is 51.0 Å². The molecule has 2 fully saturated rings. The maximum absolute atomic E-state index is 13.5. The summed E-state index contributed by atoms with van der Waals surface area (Å²) in [5.74, 6) is 0.830. The average molecular weight is 330 g/mol. The lowest BCUT2D eigenvalue weighted by molar-refractivity contribution is -0.143. The molecule has 1 aromatic rings. The molecule has 4 nitrogen and oxygen atoms in total.